The van der Waals surface area contributed by atoms with Crippen molar-refractivity contribution in [3.63, 3.8) is 0 Å². The highest BCUT2D eigenvalue weighted by molar-refractivity contribution is 7.99. The zero-order valence-corrected chi connectivity index (χ0v) is 14.7. The number of nitrogens with two attached hydrogens (primary N) is 1. The highest BCUT2D eigenvalue weighted by Crippen LogP contribution is 2.44. The van der Waals surface area contributed by atoms with Crippen molar-refractivity contribution in [1.29, 1.82) is 0 Å². The summed E-state index contributed by atoms with van der Waals surface area (Å²) < 4.78 is 0.770. The van der Waals surface area contributed by atoms with Gasteiger partial charge >= 0.3 is 0 Å². The lowest BCUT2D eigenvalue weighted by atomic mass is 10.1. The third-order valence-electron chi connectivity index (χ3n) is 2.88. The van der Waals surface area contributed by atoms with E-state index in [0.717, 1.165) is 20.5 Å². The van der Waals surface area contributed by atoms with Crippen molar-refractivity contribution in [3.05, 3.63) is 49.6 Å². The number of thiophene rings is 1. The Kier molecular flexibility index (Phi) is 6.09. The van der Waals surface area contributed by atoms with E-state index in [0.29, 0.717) is 10.0 Å². The molecule has 0 radical (unpaired) electrons. The normalized spacial score (nSPS) is 14.2. The van der Waals surface area contributed by atoms with Crippen LogP contribution in [0.4, 0.5) is 0 Å². The third kappa shape index (κ3) is 4.06. The molecule has 2 aromatic rings. The Balaban J connectivity index is 2.30. The van der Waals surface area contributed by atoms with Crippen LogP contribution in [0.1, 0.15) is 23.5 Å². The van der Waals surface area contributed by atoms with Gasteiger partial charge in [0.2, 0.25) is 0 Å². The summed E-state index contributed by atoms with van der Waals surface area (Å²) in [5.41, 5.74) is 6.26. The lowest BCUT2D eigenvalue weighted by molar-refractivity contribution is 0.640. The highest BCUT2D eigenvalue weighted by Gasteiger charge is 2.22. The summed E-state index contributed by atoms with van der Waals surface area (Å²) in [4.78, 5) is 2.10. The molecule has 6 heteroatoms. The molecule has 1 heterocycles. The smallest absolute Gasteiger partial charge is 0.0931 e. The van der Waals surface area contributed by atoms with E-state index in [-0.39, 0.29) is 11.3 Å². The molecule has 0 aliphatic heterocycles. The minimum absolute atomic E-state index is 0.0322. The minimum Gasteiger partial charge on any atom is -0.326 e. The zero-order chi connectivity index (χ0) is 14.7. The van der Waals surface area contributed by atoms with E-state index in [1.165, 1.54) is 0 Å². The predicted octanol–water partition coefficient (Wildman–Crippen LogP) is 6.28. The van der Waals surface area contributed by atoms with Crippen LogP contribution >= 0.6 is 57.9 Å². The van der Waals surface area contributed by atoms with E-state index >= 15 is 0 Å². The molecule has 2 atom stereocenters. The second-order valence-electron chi connectivity index (χ2n) is 4.33. The van der Waals surface area contributed by atoms with Crippen LogP contribution in [-0.2, 0) is 0 Å². The fourth-order valence-electron chi connectivity index (χ4n) is 1.76. The lowest BCUT2D eigenvalue weighted by Gasteiger charge is -2.22. The molecule has 1 aromatic heterocycles. The molecular weight excluding hydrogens is 353 g/mol. The van der Waals surface area contributed by atoms with Crippen molar-refractivity contribution in [2.24, 2.45) is 5.73 Å². The molecule has 108 valence electrons. The molecule has 2 rings (SSSR count). The number of benzene rings is 1. The van der Waals surface area contributed by atoms with Crippen molar-refractivity contribution in [2.75, 3.05) is 0 Å². The van der Waals surface area contributed by atoms with Crippen molar-refractivity contribution in [2.45, 2.75) is 29.5 Å². The van der Waals surface area contributed by atoms with Crippen LogP contribution in [-0.4, -0.2) is 6.04 Å². The Hall–Kier alpha value is 0.1000. The highest BCUT2D eigenvalue weighted by atomic mass is 35.5. The molecular formula is C14H14Cl3NS2. The number of rotatable bonds is 5. The molecule has 1 aromatic carbocycles. The largest absolute Gasteiger partial charge is 0.326 e. The van der Waals surface area contributed by atoms with Crippen LogP contribution in [0.2, 0.25) is 14.4 Å². The maximum Gasteiger partial charge on any atom is 0.0931 e. The summed E-state index contributed by atoms with van der Waals surface area (Å²) in [6.45, 7) is 2.08. The molecule has 0 saturated carbocycles. The van der Waals surface area contributed by atoms with Crippen molar-refractivity contribution in [1.82, 2.24) is 0 Å². The van der Waals surface area contributed by atoms with E-state index < -0.39 is 0 Å². The zero-order valence-electron chi connectivity index (χ0n) is 10.8. The number of halogens is 3. The van der Waals surface area contributed by atoms with Gasteiger partial charge in [-0.15, -0.1) is 23.1 Å². The second-order valence-corrected chi connectivity index (χ2v) is 8.10. The first-order valence-electron chi connectivity index (χ1n) is 6.13. The molecule has 0 spiro atoms. The summed E-state index contributed by atoms with van der Waals surface area (Å²) in [7, 11) is 0. The van der Waals surface area contributed by atoms with Crippen molar-refractivity contribution in [3.8, 4) is 0 Å². The van der Waals surface area contributed by atoms with Gasteiger partial charge in [-0.25, -0.2) is 0 Å². The molecule has 2 unspecified atom stereocenters. The molecule has 0 fully saturated rings. The number of thioether (sulfide) groups is 1. The fraction of sp³-hybridized carbons (Fsp3) is 0.286. The van der Waals surface area contributed by atoms with E-state index in [9.17, 15) is 0 Å². The Morgan fingerprint density at radius 1 is 1.20 bits per heavy atom. The van der Waals surface area contributed by atoms with Crippen molar-refractivity contribution >= 4 is 57.9 Å². The molecule has 0 aliphatic carbocycles. The Labute approximate surface area is 142 Å². The van der Waals surface area contributed by atoms with Gasteiger partial charge in [-0.05, 0) is 36.8 Å². The van der Waals surface area contributed by atoms with E-state index in [1.54, 1.807) is 29.2 Å². The maximum absolute atomic E-state index is 6.26. The minimum atomic E-state index is 0.0322. The number of hydrogen-bond donors (Lipinski definition) is 1. The number of hydrogen-bond acceptors (Lipinski definition) is 3. The van der Waals surface area contributed by atoms with Gasteiger partial charge in [-0.2, -0.15) is 0 Å². The second kappa shape index (κ2) is 7.39. The fourth-order valence-corrected chi connectivity index (χ4v) is 4.86. The quantitative estimate of drug-likeness (QED) is 0.630. The van der Waals surface area contributed by atoms with Gasteiger partial charge in [-0.1, -0.05) is 41.7 Å². The average molecular weight is 367 g/mol. The first kappa shape index (κ1) is 16.5. The van der Waals surface area contributed by atoms with Crippen LogP contribution in [0.5, 0.6) is 0 Å². The monoisotopic (exact) mass is 365 g/mol. The third-order valence-corrected chi connectivity index (χ3v) is 6.47. The van der Waals surface area contributed by atoms with Gasteiger partial charge in [-0.3, -0.25) is 0 Å². The van der Waals surface area contributed by atoms with Crippen LogP contribution in [0.15, 0.2) is 35.2 Å². The predicted molar refractivity (Wildman–Crippen MR) is 92.7 cm³/mol. The first-order valence-corrected chi connectivity index (χ1v) is 8.96. The van der Waals surface area contributed by atoms with Crippen LogP contribution in [0, 0.1) is 0 Å². The molecule has 20 heavy (non-hydrogen) atoms. The van der Waals surface area contributed by atoms with Gasteiger partial charge < -0.3 is 5.73 Å². The van der Waals surface area contributed by atoms with E-state index in [2.05, 4.69) is 6.92 Å². The van der Waals surface area contributed by atoms with Gasteiger partial charge in [0.05, 0.1) is 14.6 Å². The van der Waals surface area contributed by atoms with Crippen LogP contribution < -0.4 is 5.73 Å². The Morgan fingerprint density at radius 3 is 2.55 bits per heavy atom. The van der Waals surface area contributed by atoms with Gasteiger partial charge in [0.15, 0.2) is 0 Å². The molecule has 0 saturated heterocycles. The molecule has 1 nitrogen and oxygen atoms in total. The summed E-state index contributed by atoms with van der Waals surface area (Å²) in [6, 6.07) is 9.42. The topological polar surface area (TPSA) is 26.0 Å². The Morgan fingerprint density at radius 2 is 1.95 bits per heavy atom. The lowest BCUT2D eigenvalue weighted by Crippen LogP contribution is -2.25. The van der Waals surface area contributed by atoms with Crippen LogP contribution in [0.3, 0.4) is 0 Å². The SMILES string of the molecule is CCC(N)C(Sc1cc(Cl)ccc1Cl)c1ccc(Cl)s1. The molecule has 2 N–H and O–H groups in total. The first-order chi connectivity index (χ1) is 9.51. The summed E-state index contributed by atoms with van der Waals surface area (Å²) >= 11 is 21.5. The van der Waals surface area contributed by atoms with Gasteiger partial charge in [0.1, 0.15) is 0 Å². The van der Waals surface area contributed by atoms with Crippen LogP contribution in [0.25, 0.3) is 0 Å². The summed E-state index contributed by atoms with van der Waals surface area (Å²) in [6.07, 6.45) is 0.880. The molecule has 0 bridgehead atoms. The Bertz CT molecular complexity index is 586. The molecule has 0 aliphatic rings. The maximum atomic E-state index is 6.26. The van der Waals surface area contributed by atoms with E-state index in [4.69, 9.17) is 40.5 Å². The molecule has 0 amide bonds. The summed E-state index contributed by atoms with van der Waals surface area (Å²) in [5, 5.41) is 1.48. The average Bonchev–Trinajstić information content (AvgIpc) is 2.85. The van der Waals surface area contributed by atoms with E-state index in [1.807, 2.05) is 24.3 Å². The summed E-state index contributed by atoms with van der Waals surface area (Å²) in [5.74, 6) is 0. The van der Waals surface area contributed by atoms with Gasteiger partial charge in [0.25, 0.3) is 0 Å². The van der Waals surface area contributed by atoms with Crippen molar-refractivity contribution < 1.29 is 0 Å². The van der Waals surface area contributed by atoms with Gasteiger partial charge in [0, 0.05) is 20.8 Å². The standard InChI is InChI=1S/C14H14Cl3NS2/c1-2-10(18)14(11-5-6-13(17)19-11)20-12-7-8(15)3-4-9(12)16/h3-7,10,14H,2,18H2,1H3.